The summed E-state index contributed by atoms with van der Waals surface area (Å²) in [7, 11) is 4.47. The van der Waals surface area contributed by atoms with Gasteiger partial charge < -0.3 is 15.5 Å². The average molecular weight is 211 g/mol. The summed E-state index contributed by atoms with van der Waals surface area (Å²) in [5.74, 6) is 0.828. The van der Waals surface area contributed by atoms with Gasteiger partial charge in [0.05, 0.1) is 0 Å². The third-order valence-corrected chi connectivity index (χ3v) is 3.95. The van der Waals surface area contributed by atoms with Crippen LogP contribution in [0.5, 0.6) is 0 Å². The lowest BCUT2D eigenvalue weighted by Gasteiger charge is -2.37. The van der Waals surface area contributed by atoms with Crippen molar-refractivity contribution in [3.8, 4) is 0 Å². The molecule has 3 nitrogen and oxygen atoms in total. The minimum Gasteiger partial charge on any atom is -0.326 e. The molecule has 88 valence electrons. The largest absolute Gasteiger partial charge is 0.326 e. The molecule has 0 aromatic rings. The number of hydrogen-bond donors (Lipinski definition) is 1. The Morgan fingerprint density at radius 1 is 1.40 bits per heavy atom. The fourth-order valence-electron chi connectivity index (χ4n) is 2.65. The van der Waals surface area contributed by atoms with Gasteiger partial charge in [-0.2, -0.15) is 0 Å². The smallest absolute Gasteiger partial charge is 0.0221 e. The maximum absolute atomic E-state index is 6.17. The Kier molecular flexibility index (Phi) is 3.65. The van der Waals surface area contributed by atoms with Crippen molar-refractivity contribution in [2.24, 2.45) is 11.7 Å². The zero-order valence-corrected chi connectivity index (χ0v) is 10.2. The lowest BCUT2D eigenvalue weighted by Crippen LogP contribution is -2.48. The van der Waals surface area contributed by atoms with Crippen molar-refractivity contribution in [1.82, 2.24) is 9.80 Å². The fourth-order valence-corrected chi connectivity index (χ4v) is 2.65. The van der Waals surface area contributed by atoms with Gasteiger partial charge in [0.15, 0.2) is 0 Å². The van der Waals surface area contributed by atoms with Crippen LogP contribution in [0, 0.1) is 5.92 Å². The van der Waals surface area contributed by atoms with Crippen molar-refractivity contribution in [3.05, 3.63) is 0 Å². The number of rotatable bonds is 4. The Morgan fingerprint density at radius 2 is 2.13 bits per heavy atom. The van der Waals surface area contributed by atoms with Crippen LogP contribution in [0.2, 0.25) is 0 Å². The maximum Gasteiger partial charge on any atom is 0.0221 e. The summed E-state index contributed by atoms with van der Waals surface area (Å²) in [5.41, 5.74) is 6.17. The van der Waals surface area contributed by atoms with Gasteiger partial charge in [-0.25, -0.2) is 0 Å². The molecular weight excluding hydrogens is 186 g/mol. The van der Waals surface area contributed by atoms with E-state index in [1.165, 1.54) is 38.8 Å². The molecule has 1 aliphatic heterocycles. The summed E-state index contributed by atoms with van der Waals surface area (Å²) >= 11 is 0. The zero-order valence-electron chi connectivity index (χ0n) is 10.2. The summed E-state index contributed by atoms with van der Waals surface area (Å²) in [6, 6.07) is 1.15. The van der Waals surface area contributed by atoms with Crippen LogP contribution in [-0.4, -0.2) is 55.6 Å². The molecule has 1 aliphatic carbocycles. The molecule has 0 bridgehead atoms. The molecule has 2 aliphatic rings. The lowest BCUT2D eigenvalue weighted by molar-refractivity contribution is 0.127. The third kappa shape index (κ3) is 3.16. The Morgan fingerprint density at radius 3 is 2.73 bits per heavy atom. The first-order valence-corrected chi connectivity index (χ1v) is 6.31. The normalized spacial score (nSPS) is 30.8. The number of hydrogen-bond acceptors (Lipinski definition) is 3. The molecule has 15 heavy (non-hydrogen) atoms. The van der Waals surface area contributed by atoms with Gasteiger partial charge in [0.25, 0.3) is 0 Å². The molecule has 1 saturated heterocycles. The molecule has 2 unspecified atom stereocenters. The van der Waals surface area contributed by atoms with Crippen molar-refractivity contribution >= 4 is 0 Å². The van der Waals surface area contributed by atoms with Crippen LogP contribution in [0.3, 0.4) is 0 Å². The van der Waals surface area contributed by atoms with Crippen LogP contribution in [0.15, 0.2) is 0 Å². The molecule has 1 saturated carbocycles. The number of piperidine rings is 1. The molecule has 0 aromatic heterocycles. The van der Waals surface area contributed by atoms with Crippen molar-refractivity contribution in [3.63, 3.8) is 0 Å². The Hall–Kier alpha value is -0.120. The van der Waals surface area contributed by atoms with Gasteiger partial charge in [-0.1, -0.05) is 0 Å². The summed E-state index contributed by atoms with van der Waals surface area (Å²) in [6.07, 6.45) is 5.40. The van der Waals surface area contributed by atoms with Gasteiger partial charge in [0.1, 0.15) is 0 Å². The second-order valence-electron chi connectivity index (χ2n) is 5.50. The predicted octanol–water partition coefficient (Wildman–Crippen LogP) is 0.750. The quantitative estimate of drug-likeness (QED) is 0.745. The minimum absolute atomic E-state index is 0.419. The minimum atomic E-state index is 0.419. The van der Waals surface area contributed by atoms with Gasteiger partial charge in [0, 0.05) is 25.2 Å². The highest BCUT2D eigenvalue weighted by Crippen LogP contribution is 2.32. The number of nitrogens with zero attached hydrogens (tertiary/aromatic N) is 2. The standard InChI is InChI=1S/C12H25N3/c1-14-7-3-4-11(8-14)15(2)9-12(13)10-5-6-10/h10-12H,3-9,13H2,1-2H3. The highest BCUT2D eigenvalue weighted by Gasteiger charge is 2.30. The average Bonchev–Trinajstić information content (AvgIpc) is 3.00. The van der Waals surface area contributed by atoms with Crippen LogP contribution < -0.4 is 5.73 Å². The molecule has 0 amide bonds. The topological polar surface area (TPSA) is 32.5 Å². The first kappa shape index (κ1) is 11.4. The van der Waals surface area contributed by atoms with Gasteiger partial charge in [-0.15, -0.1) is 0 Å². The fraction of sp³-hybridized carbons (Fsp3) is 1.00. The third-order valence-electron chi connectivity index (χ3n) is 3.95. The van der Waals surface area contributed by atoms with Crippen LogP contribution in [-0.2, 0) is 0 Å². The van der Waals surface area contributed by atoms with Gasteiger partial charge in [-0.3, -0.25) is 0 Å². The van der Waals surface area contributed by atoms with E-state index in [0.717, 1.165) is 18.5 Å². The molecule has 2 rings (SSSR count). The number of likely N-dealkylation sites (N-methyl/N-ethyl adjacent to an activating group) is 2. The van der Waals surface area contributed by atoms with Crippen LogP contribution in [0.1, 0.15) is 25.7 Å². The summed E-state index contributed by atoms with van der Waals surface area (Å²) < 4.78 is 0. The first-order chi connectivity index (χ1) is 7.16. The summed E-state index contributed by atoms with van der Waals surface area (Å²) in [4.78, 5) is 4.92. The molecule has 2 atom stereocenters. The SMILES string of the molecule is CN1CCCC(N(C)CC(N)C2CC2)C1. The molecule has 0 radical (unpaired) electrons. The van der Waals surface area contributed by atoms with E-state index < -0.39 is 0 Å². The molecule has 0 spiro atoms. The molecule has 1 heterocycles. The molecule has 3 heteroatoms. The molecule has 2 N–H and O–H groups in total. The van der Waals surface area contributed by atoms with Crippen LogP contribution in [0.25, 0.3) is 0 Å². The second kappa shape index (κ2) is 4.81. The van der Waals surface area contributed by atoms with E-state index in [9.17, 15) is 0 Å². The van der Waals surface area contributed by atoms with Crippen LogP contribution in [0.4, 0.5) is 0 Å². The summed E-state index contributed by atoms with van der Waals surface area (Å²) in [5, 5.41) is 0. The highest BCUT2D eigenvalue weighted by molar-refractivity contribution is 4.87. The predicted molar refractivity (Wildman–Crippen MR) is 63.8 cm³/mol. The van der Waals surface area contributed by atoms with E-state index in [-0.39, 0.29) is 0 Å². The second-order valence-corrected chi connectivity index (χ2v) is 5.50. The van der Waals surface area contributed by atoms with Gasteiger partial charge in [-0.05, 0) is 52.2 Å². The summed E-state index contributed by atoms with van der Waals surface area (Å²) in [6.45, 7) is 3.57. The highest BCUT2D eigenvalue weighted by atomic mass is 15.2. The van der Waals surface area contributed by atoms with Gasteiger partial charge >= 0.3 is 0 Å². The van der Waals surface area contributed by atoms with E-state index in [2.05, 4.69) is 23.9 Å². The van der Waals surface area contributed by atoms with Crippen molar-refractivity contribution in [2.75, 3.05) is 33.7 Å². The Balaban J connectivity index is 1.75. The maximum atomic E-state index is 6.17. The monoisotopic (exact) mass is 211 g/mol. The van der Waals surface area contributed by atoms with Crippen molar-refractivity contribution in [1.29, 1.82) is 0 Å². The van der Waals surface area contributed by atoms with Crippen molar-refractivity contribution in [2.45, 2.75) is 37.8 Å². The molecular formula is C12H25N3. The van der Waals surface area contributed by atoms with E-state index in [0.29, 0.717) is 6.04 Å². The van der Waals surface area contributed by atoms with E-state index in [1.54, 1.807) is 0 Å². The Bertz CT molecular complexity index is 203. The Labute approximate surface area is 93.6 Å². The van der Waals surface area contributed by atoms with E-state index >= 15 is 0 Å². The van der Waals surface area contributed by atoms with Gasteiger partial charge in [0.2, 0.25) is 0 Å². The molecule has 0 aromatic carbocycles. The van der Waals surface area contributed by atoms with E-state index in [1.807, 2.05) is 0 Å². The number of nitrogens with two attached hydrogens (primary N) is 1. The lowest BCUT2D eigenvalue weighted by atomic mass is 10.0. The zero-order chi connectivity index (χ0) is 10.8. The number of likely N-dealkylation sites (tertiary alicyclic amines) is 1. The van der Waals surface area contributed by atoms with Crippen LogP contribution >= 0.6 is 0 Å². The van der Waals surface area contributed by atoms with Crippen molar-refractivity contribution < 1.29 is 0 Å². The molecule has 2 fully saturated rings. The first-order valence-electron chi connectivity index (χ1n) is 6.31. The van der Waals surface area contributed by atoms with E-state index in [4.69, 9.17) is 5.73 Å².